The van der Waals surface area contributed by atoms with Crippen LogP contribution in [0.5, 0.6) is 5.75 Å². The number of aromatic nitrogens is 2. The number of hydrogen-bond acceptors (Lipinski definition) is 6. The molecule has 1 atom stereocenters. The van der Waals surface area contributed by atoms with Gasteiger partial charge in [-0.25, -0.2) is 0 Å². The molecule has 1 spiro atoms. The molecule has 2 saturated carbocycles. The Labute approximate surface area is 247 Å². The summed E-state index contributed by atoms with van der Waals surface area (Å²) in [5.74, 6) is 2.18. The van der Waals surface area contributed by atoms with Crippen molar-refractivity contribution in [3.8, 4) is 17.0 Å². The van der Waals surface area contributed by atoms with Crippen LogP contribution in [0.2, 0.25) is 0 Å². The van der Waals surface area contributed by atoms with Gasteiger partial charge in [-0.1, -0.05) is 35.5 Å². The van der Waals surface area contributed by atoms with Gasteiger partial charge in [-0.3, -0.25) is 4.98 Å². The van der Waals surface area contributed by atoms with Crippen molar-refractivity contribution in [3.63, 3.8) is 0 Å². The minimum Gasteiger partial charge on any atom is -0.487 e. The summed E-state index contributed by atoms with van der Waals surface area (Å²) in [5.41, 5.74) is 2.73. The van der Waals surface area contributed by atoms with Crippen LogP contribution in [0.25, 0.3) is 28.2 Å². The van der Waals surface area contributed by atoms with Gasteiger partial charge in [0.25, 0.3) is 0 Å². The first-order valence-corrected chi connectivity index (χ1v) is 15.1. The van der Waals surface area contributed by atoms with E-state index in [1.165, 1.54) is 17.8 Å². The maximum Gasteiger partial charge on any atom is 0.417 e. The summed E-state index contributed by atoms with van der Waals surface area (Å²) in [5, 5.41) is 5.17. The molecule has 0 N–H and O–H groups in total. The van der Waals surface area contributed by atoms with Crippen molar-refractivity contribution in [2.45, 2.75) is 50.3 Å². The summed E-state index contributed by atoms with van der Waals surface area (Å²) in [6, 6.07) is 13.9. The number of anilines is 1. The SMILES string of the molecule is FC(F)(F)c1ccccc1-c1noc(C2CC2)c1/C=C/C1CC2(C1)CN(c1ccc3nccc(O[C@H]4CCOC4)c3c1)C2. The number of benzene rings is 2. The van der Waals surface area contributed by atoms with Crippen molar-refractivity contribution < 1.29 is 27.2 Å². The van der Waals surface area contributed by atoms with Gasteiger partial charge >= 0.3 is 6.18 Å². The molecule has 4 aliphatic rings. The van der Waals surface area contributed by atoms with Crippen LogP contribution in [0, 0.1) is 11.3 Å². The molecule has 4 aromatic rings. The number of alkyl halides is 3. The first-order chi connectivity index (χ1) is 20.9. The van der Waals surface area contributed by atoms with Crippen LogP contribution in [-0.4, -0.2) is 42.5 Å². The highest BCUT2D eigenvalue weighted by Crippen LogP contribution is 2.54. The van der Waals surface area contributed by atoms with Crippen LogP contribution in [0.1, 0.15) is 54.9 Å². The number of nitrogens with zero attached hydrogens (tertiary/aromatic N) is 3. The van der Waals surface area contributed by atoms with Crippen molar-refractivity contribution in [1.82, 2.24) is 10.1 Å². The molecule has 222 valence electrons. The van der Waals surface area contributed by atoms with Crippen molar-refractivity contribution >= 4 is 22.7 Å². The Morgan fingerprint density at radius 2 is 1.86 bits per heavy atom. The zero-order valence-corrected chi connectivity index (χ0v) is 23.6. The first-order valence-electron chi connectivity index (χ1n) is 15.1. The Bertz CT molecular complexity index is 1690. The molecule has 8 rings (SSSR count). The Kier molecular flexibility index (Phi) is 6.29. The smallest absolute Gasteiger partial charge is 0.417 e. The van der Waals surface area contributed by atoms with Crippen LogP contribution in [0.4, 0.5) is 18.9 Å². The molecule has 4 heterocycles. The van der Waals surface area contributed by atoms with Crippen LogP contribution < -0.4 is 9.64 Å². The maximum atomic E-state index is 13.8. The molecule has 2 aliphatic heterocycles. The van der Waals surface area contributed by atoms with Gasteiger partial charge in [0.1, 0.15) is 23.3 Å². The summed E-state index contributed by atoms with van der Waals surface area (Å²) in [6.45, 7) is 3.33. The van der Waals surface area contributed by atoms with Crippen molar-refractivity contribution in [2.75, 3.05) is 31.2 Å². The van der Waals surface area contributed by atoms with Gasteiger partial charge in [0.15, 0.2) is 0 Å². The highest BCUT2D eigenvalue weighted by atomic mass is 19.4. The van der Waals surface area contributed by atoms with E-state index < -0.39 is 11.7 Å². The van der Waals surface area contributed by atoms with Crippen molar-refractivity contribution in [1.29, 1.82) is 0 Å². The van der Waals surface area contributed by atoms with Gasteiger partial charge in [-0.05, 0) is 61.9 Å². The molecule has 2 aromatic heterocycles. The predicted octanol–water partition coefficient (Wildman–Crippen LogP) is 7.88. The maximum absolute atomic E-state index is 13.8. The van der Waals surface area contributed by atoms with Gasteiger partial charge in [-0.15, -0.1) is 0 Å². The van der Waals surface area contributed by atoms with Crippen LogP contribution in [-0.2, 0) is 10.9 Å². The molecule has 2 aliphatic carbocycles. The van der Waals surface area contributed by atoms with E-state index in [1.54, 1.807) is 12.3 Å². The fraction of sp³-hybridized carbons (Fsp3) is 0.412. The summed E-state index contributed by atoms with van der Waals surface area (Å²) in [7, 11) is 0. The van der Waals surface area contributed by atoms with E-state index in [0.717, 1.165) is 74.5 Å². The zero-order valence-electron chi connectivity index (χ0n) is 23.6. The average molecular weight is 588 g/mol. The second-order valence-electron chi connectivity index (χ2n) is 12.6. The number of rotatable bonds is 7. The molecule has 43 heavy (non-hydrogen) atoms. The highest BCUT2D eigenvalue weighted by molar-refractivity contribution is 5.88. The molecule has 2 aromatic carbocycles. The third-order valence-corrected chi connectivity index (χ3v) is 9.40. The van der Waals surface area contributed by atoms with Crippen molar-refractivity contribution in [2.24, 2.45) is 11.3 Å². The zero-order chi connectivity index (χ0) is 29.2. The third kappa shape index (κ3) is 4.97. The quantitative estimate of drug-likeness (QED) is 0.219. The first kappa shape index (κ1) is 26.8. The van der Waals surface area contributed by atoms with E-state index in [0.29, 0.717) is 23.8 Å². The van der Waals surface area contributed by atoms with E-state index >= 15 is 0 Å². The molecule has 0 radical (unpaired) electrons. The lowest BCUT2D eigenvalue weighted by atomic mass is 9.57. The molecule has 0 amide bonds. The van der Waals surface area contributed by atoms with Gasteiger partial charge in [0.05, 0.1) is 24.3 Å². The van der Waals surface area contributed by atoms with Crippen LogP contribution in [0.3, 0.4) is 0 Å². The van der Waals surface area contributed by atoms with E-state index in [4.69, 9.17) is 14.0 Å². The number of allylic oxidation sites excluding steroid dienone is 1. The second kappa shape index (κ2) is 10.1. The molecule has 6 nitrogen and oxygen atoms in total. The monoisotopic (exact) mass is 587 g/mol. The summed E-state index contributed by atoms with van der Waals surface area (Å²) in [4.78, 5) is 6.94. The van der Waals surface area contributed by atoms with E-state index in [9.17, 15) is 13.2 Å². The molecule has 4 fully saturated rings. The Morgan fingerprint density at radius 1 is 1.02 bits per heavy atom. The third-order valence-electron chi connectivity index (χ3n) is 9.40. The molecule has 0 bridgehead atoms. The normalized spacial score (nSPS) is 21.9. The fourth-order valence-electron chi connectivity index (χ4n) is 7.06. The number of ether oxygens (including phenoxy) is 2. The summed E-state index contributed by atoms with van der Waals surface area (Å²) >= 11 is 0. The van der Waals surface area contributed by atoms with Gasteiger partial charge < -0.3 is 18.9 Å². The fourth-order valence-corrected chi connectivity index (χ4v) is 7.06. The predicted molar refractivity (Wildman–Crippen MR) is 157 cm³/mol. The lowest BCUT2D eigenvalue weighted by molar-refractivity contribution is -0.137. The number of fused-ring (bicyclic) bond motifs is 1. The molecular weight excluding hydrogens is 555 g/mol. The largest absolute Gasteiger partial charge is 0.487 e. The van der Waals surface area contributed by atoms with Crippen LogP contribution >= 0.6 is 0 Å². The molecule has 0 unspecified atom stereocenters. The van der Waals surface area contributed by atoms with E-state index in [2.05, 4.69) is 39.3 Å². The molecular formula is C34H32F3N3O3. The highest BCUT2D eigenvalue weighted by Gasteiger charge is 2.51. The minimum absolute atomic E-state index is 0.0701. The lowest BCUT2D eigenvalue weighted by Gasteiger charge is -2.59. The Balaban J connectivity index is 0.961. The Hall–Kier alpha value is -3.85. The van der Waals surface area contributed by atoms with E-state index in [-0.39, 0.29) is 28.7 Å². The van der Waals surface area contributed by atoms with Gasteiger partial charge in [-0.2, -0.15) is 13.2 Å². The Morgan fingerprint density at radius 3 is 2.63 bits per heavy atom. The second-order valence-corrected chi connectivity index (χ2v) is 12.6. The number of pyridine rings is 1. The number of hydrogen-bond donors (Lipinski definition) is 0. The summed E-state index contributed by atoms with van der Waals surface area (Å²) < 4.78 is 58.7. The van der Waals surface area contributed by atoms with Crippen molar-refractivity contribution in [3.05, 3.63) is 77.7 Å². The van der Waals surface area contributed by atoms with Gasteiger partial charge in [0, 0.05) is 59.2 Å². The topological polar surface area (TPSA) is 60.6 Å². The van der Waals surface area contributed by atoms with E-state index in [1.807, 2.05) is 12.1 Å². The molecule has 9 heteroatoms. The average Bonchev–Trinajstić information content (AvgIpc) is 3.50. The standard InChI is InChI=1S/C34H32F3N3O3/c35-34(36,37)28-4-2-1-3-25(28)31-26(32(43-39-31)22-6-7-22)9-5-21-16-33(17-21)19-40(20-33)23-8-10-29-27(15-23)30(11-13-38-29)42-24-12-14-41-18-24/h1-5,8-11,13,15,21-22,24H,6-7,12,14,16-20H2/b9-5+/t24-/m0/s1. The lowest BCUT2D eigenvalue weighted by Crippen LogP contribution is -2.62. The minimum atomic E-state index is -4.46. The summed E-state index contributed by atoms with van der Waals surface area (Å²) in [6.07, 6.45) is 6.50. The number of halogens is 3. The molecule has 2 saturated heterocycles. The van der Waals surface area contributed by atoms with Gasteiger partial charge in [0.2, 0.25) is 0 Å². The van der Waals surface area contributed by atoms with Crippen LogP contribution in [0.15, 0.2) is 65.3 Å².